The first-order valence-corrected chi connectivity index (χ1v) is 7.22. The Morgan fingerprint density at radius 2 is 1.74 bits per heavy atom. The summed E-state index contributed by atoms with van der Waals surface area (Å²) < 4.78 is 0. The van der Waals surface area contributed by atoms with Gasteiger partial charge in [0.25, 0.3) is 5.91 Å². The van der Waals surface area contributed by atoms with Crippen LogP contribution in [0.15, 0.2) is 6.33 Å². The van der Waals surface area contributed by atoms with E-state index in [1.165, 1.54) is 32.0 Å². The van der Waals surface area contributed by atoms with Crippen LogP contribution >= 0.6 is 0 Å². The molecule has 4 heteroatoms. The Labute approximate surface area is 114 Å². The summed E-state index contributed by atoms with van der Waals surface area (Å²) in [4.78, 5) is 23.1. The summed E-state index contributed by atoms with van der Waals surface area (Å²) in [5.41, 5.74) is 2.31. The van der Waals surface area contributed by atoms with Crippen molar-refractivity contribution in [3.63, 3.8) is 0 Å². The van der Waals surface area contributed by atoms with Gasteiger partial charge in [0.15, 0.2) is 0 Å². The molecule has 0 unspecified atom stereocenters. The second-order valence-corrected chi connectivity index (χ2v) is 6.03. The molecular formula is C15H21N3O. The zero-order valence-electron chi connectivity index (χ0n) is 11.7. The zero-order chi connectivity index (χ0) is 13.4. The van der Waals surface area contributed by atoms with E-state index in [0.717, 1.165) is 24.5 Å². The van der Waals surface area contributed by atoms with Crippen molar-refractivity contribution in [2.75, 3.05) is 13.1 Å². The Bertz CT molecular complexity index is 468. The van der Waals surface area contributed by atoms with Crippen molar-refractivity contribution in [1.82, 2.24) is 14.9 Å². The summed E-state index contributed by atoms with van der Waals surface area (Å²) >= 11 is 0. The van der Waals surface area contributed by atoms with Crippen molar-refractivity contribution in [2.24, 2.45) is 11.8 Å². The maximum absolute atomic E-state index is 12.7. The first-order chi connectivity index (χ1) is 9.15. The van der Waals surface area contributed by atoms with Crippen LogP contribution in [0.1, 0.15) is 47.4 Å². The smallest absolute Gasteiger partial charge is 0.257 e. The van der Waals surface area contributed by atoms with Gasteiger partial charge in [-0.25, -0.2) is 9.97 Å². The van der Waals surface area contributed by atoms with Gasteiger partial charge in [0, 0.05) is 13.1 Å². The number of aryl methyl sites for hydroxylation is 2. The Balaban J connectivity index is 1.84. The molecule has 0 spiro atoms. The van der Waals surface area contributed by atoms with Gasteiger partial charge in [-0.1, -0.05) is 6.42 Å². The number of nitrogens with zero attached hydrogens (tertiary/aromatic N) is 3. The Morgan fingerprint density at radius 1 is 1.16 bits per heavy atom. The topological polar surface area (TPSA) is 46.1 Å². The largest absolute Gasteiger partial charge is 0.338 e. The van der Waals surface area contributed by atoms with E-state index in [4.69, 9.17) is 0 Å². The molecule has 2 aliphatic rings. The van der Waals surface area contributed by atoms with Gasteiger partial charge >= 0.3 is 0 Å². The quantitative estimate of drug-likeness (QED) is 0.777. The van der Waals surface area contributed by atoms with E-state index in [2.05, 4.69) is 9.97 Å². The second kappa shape index (κ2) is 4.91. The Kier molecular flexibility index (Phi) is 3.25. The molecule has 1 aromatic heterocycles. The maximum atomic E-state index is 12.7. The van der Waals surface area contributed by atoms with Gasteiger partial charge in [-0.05, 0) is 44.9 Å². The SMILES string of the molecule is Cc1ncnc(C)c1C(=O)N1C[C@H]2CCC[C@@H](C2)C1. The number of amides is 1. The lowest BCUT2D eigenvalue weighted by Crippen LogP contribution is -2.46. The maximum Gasteiger partial charge on any atom is 0.257 e. The van der Waals surface area contributed by atoms with Crippen molar-refractivity contribution in [2.45, 2.75) is 39.5 Å². The molecule has 1 aliphatic carbocycles. The molecule has 1 saturated heterocycles. The zero-order valence-corrected chi connectivity index (χ0v) is 11.7. The number of likely N-dealkylation sites (tertiary alicyclic amines) is 1. The van der Waals surface area contributed by atoms with Crippen LogP contribution in [0.25, 0.3) is 0 Å². The summed E-state index contributed by atoms with van der Waals surface area (Å²) in [6, 6.07) is 0. The van der Waals surface area contributed by atoms with Gasteiger partial charge in [-0.15, -0.1) is 0 Å². The van der Waals surface area contributed by atoms with E-state index >= 15 is 0 Å². The number of fused-ring (bicyclic) bond motifs is 2. The van der Waals surface area contributed by atoms with Gasteiger partial charge in [0.2, 0.25) is 0 Å². The number of carbonyl (C=O) groups is 1. The highest BCUT2D eigenvalue weighted by Gasteiger charge is 2.33. The second-order valence-electron chi connectivity index (χ2n) is 6.03. The molecule has 0 radical (unpaired) electrons. The van der Waals surface area contributed by atoms with Gasteiger partial charge in [0.1, 0.15) is 6.33 Å². The molecule has 19 heavy (non-hydrogen) atoms. The van der Waals surface area contributed by atoms with E-state index < -0.39 is 0 Å². The summed E-state index contributed by atoms with van der Waals surface area (Å²) in [5.74, 6) is 1.55. The van der Waals surface area contributed by atoms with Crippen molar-refractivity contribution in [3.8, 4) is 0 Å². The monoisotopic (exact) mass is 259 g/mol. The van der Waals surface area contributed by atoms with Gasteiger partial charge < -0.3 is 4.90 Å². The molecule has 0 N–H and O–H groups in total. The molecule has 0 aromatic carbocycles. The molecule has 1 amide bonds. The lowest BCUT2D eigenvalue weighted by Gasteiger charge is -2.41. The fourth-order valence-electron chi connectivity index (χ4n) is 3.66. The first-order valence-electron chi connectivity index (χ1n) is 7.22. The highest BCUT2D eigenvalue weighted by molar-refractivity contribution is 5.96. The number of hydrogen-bond acceptors (Lipinski definition) is 3. The predicted octanol–water partition coefficient (Wildman–Crippen LogP) is 2.36. The van der Waals surface area contributed by atoms with Crippen molar-refractivity contribution >= 4 is 5.91 Å². The summed E-state index contributed by atoms with van der Waals surface area (Å²) in [5, 5.41) is 0. The first kappa shape index (κ1) is 12.6. The minimum absolute atomic E-state index is 0.132. The lowest BCUT2D eigenvalue weighted by molar-refractivity contribution is 0.0502. The lowest BCUT2D eigenvalue weighted by atomic mass is 9.78. The minimum Gasteiger partial charge on any atom is -0.338 e. The van der Waals surface area contributed by atoms with Crippen LogP contribution < -0.4 is 0 Å². The van der Waals surface area contributed by atoms with Gasteiger partial charge in [0.05, 0.1) is 17.0 Å². The molecular weight excluding hydrogens is 238 g/mol. The normalized spacial score (nSPS) is 26.3. The fourth-order valence-corrected chi connectivity index (χ4v) is 3.66. The van der Waals surface area contributed by atoms with Crippen molar-refractivity contribution in [3.05, 3.63) is 23.3 Å². The van der Waals surface area contributed by atoms with Crippen LogP contribution in [-0.4, -0.2) is 33.9 Å². The van der Waals surface area contributed by atoms with E-state index in [0.29, 0.717) is 17.4 Å². The van der Waals surface area contributed by atoms with Crippen molar-refractivity contribution < 1.29 is 4.79 Å². The molecule has 2 fully saturated rings. The predicted molar refractivity (Wildman–Crippen MR) is 72.9 cm³/mol. The highest BCUT2D eigenvalue weighted by Crippen LogP contribution is 2.35. The third-order valence-electron chi connectivity index (χ3n) is 4.58. The summed E-state index contributed by atoms with van der Waals surface area (Å²) in [6.07, 6.45) is 6.75. The van der Waals surface area contributed by atoms with Crippen LogP contribution in [0.4, 0.5) is 0 Å². The number of piperidine rings is 1. The fraction of sp³-hybridized carbons (Fsp3) is 0.667. The van der Waals surface area contributed by atoms with E-state index in [9.17, 15) is 4.79 Å². The number of aromatic nitrogens is 2. The molecule has 3 rings (SSSR count). The molecule has 4 nitrogen and oxygen atoms in total. The number of rotatable bonds is 1. The number of carbonyl (C=O) groups excluding carboxylic acids is 1. The third kappa shape index (κ3) is 2.36. The van der Waals surface area contributed by atoms with E-state index in [-0.39, 0.29) is 5.91 Å². The van der Waals surface area contributed by atoms with Gasteiger partial charge in [-0.3, -0.25) is 4.79 Å². The molecule has 102 valence electrons. The minimum atomic E-state index is 0.132. The summed E-state index contributed by atoms with van der Waals surface area (Å²) in [6.45, 7) is 5.63. The standard InChI is InChI=1S/C15H21N3O/c1-10-14(11(2)17-9-16-10)15(19)18-7-12-4-3-5-13(6-12)8-18/h9,12-13H,3-8H2,1-2H3/t12-,13-/m0/s1. The van der Waals surface area contributed by atoms with Gasteiger partial charge in [-0.2, -0.15) is 0 Å². The van der Waals surface area contributed by atoms with E-state index in [1.807, 2.05) is 18.7 Å². The Morgan fingerprint density at radius 3 is 2.32 bits per heavy atom. The molecule has 2 bridgehead atoms. The van der Waals surface area contributed by atoms with Crippen LogP contribution in [0.2, 0.25) is 0 Å². The average molecular weight is 259 g/mol. The molecule has 2 heterocycles. The van der Waals surface area contributed by atoms with Crippen LogP contribution in [-0.2, 0) is 0 Å². The molecule has 1 aromatic rings. The van der Waals surface area contributed by atoms with E-state index in [1.54, 1.807) is 0 Å². The molecule has 1 saturated carbocycles. The average Bonchev–Trinajstić information content (AvgIpc) is 2.37. The highest BCUT2D eigenvalue weighted by atomic mass is 16.2. The number of hydrogen-bond donors (Lipinski definition) is 0. The molecule has 1 aliphatic heterocycles. The summed E-state index contributed by atoms with van der Waals surface area (Å²) in [7, 11) is 0. The van der Waals surface area contributed by atoms with Crippen molar-refractivity contribution in [1.29, 1.82) is 0 Å². The van der Waals surface area contributed by atoms with Crippen LogP contribution in [0.3, 0.4) is 0 Å². The third-order valence-corrected chi connectivity index (χ3v) is 4.58. The van der Waals surface area contributed by atoms with Crippen LogP contribution in [0.5, 0.6) is 0 Å². The van der Waals surface area contributed by atoms with Crippen LogP contribution in [0, 0.1) is 25.7 Å². The molecule has 2 atom stereocenters. The Hall–Kier alpha value is -1.45.